The van der Waals surface area contributed by atoms with Crippen molar-refractivity contribution < 1.29 is 0 Å². The summed E-state index contributed by atoms with van der Waals surface area (Å²) in [7, 11) is 0. The van der Waals surface area contributed by atoms with Crippen molar-refractivity contribution in [3.05, 3.63) is 45.8 Å². The third-order valence-corrected chi connectivity index (χ3v) is 3.53. The lowest BCUT2D eigenvalue weighted by Gasteiger charge is -2.12. The number of benzene rings is 1. The number of fused-ring (bicyclic) bond motifs is 1. The lowest BCUT2D eigenvalue weighted by Crippen LogP contribution is -2.28. The Kier molecular flexibility index (Phi) is 3.68. The number of thiocarbonyl (C=S) groups is 1. The number of aromatic nitrogens is 1. The van der Waals surface area contributed by atoms with Crippen LogP contribution < -0.4 is 11.3 Å². The Morgan fingerprint density at radius 2 is 2.22 bits per heavy atom. The minimum absolute atomic E-state index is 0.0116. The largest absolute Gasteiger partial charge is 0.393 e. The Labute approximate surface area is 115 Å². The Morgan fingerprint density at radius 3 is 2.89 bits per heavy atom. The molecule has 0 bridgehead atoms. The van der Waals surface area contributed by atoms with Crippen LogP contribution in [0, 0.1) is 5.92 Å². The average molecular weight is 281 g/mol. The molecule has 1 unspecified atom stereocenters. The standard InChI is InChI=1S/C13H13ClN2OS/c1-8(12(15)18)7-16-5-4-9-6-10(14)2-3-11(9)13(16)17/h2-6,8H,7H2,1H3,(H2,15,18). The van der Waals surface area contributed by atoms with Crippen LogP contribution in [0.15, 0.2) is 35.3 Å². The highest BCUT2D eigenvalue weighted by molar-refractivity contribution is 7.80. The molecule has 0 spiro atoms. The molecule has 94 valence electrons. The monoisotopic (exact) mass is 280 g/mol. The van der Waals surface area contributed by atoms with Crippen LogP contribution in [0.25, 0.3) is 10.8 Å². The van der Waals surface area contributed by atoms with Gasteiger partial charge in [-0.3, -0.25) is 4.79 Å². The molecule has 1 atom stereocenters. The van der Waals surface area contributed by atoms with E-state index < -0.39 is 0 Å². The molecular formula is C13H13ClN2OS. The molecule has 0 saturated carbocycles. The Hall–Kier alpha value is -1.39. The zero-order valence-corrected chi connectivity index (χ0v) is 11.5. The fourth-order valence-corrected chi connectivity index (χ4v) is 2.04. The van der Waals surface area contributed by atoms with E-state index in [9.17, 15) is 4.79 Å². The SMILES string of the molecule is CC(Cn1ccc2cc(Cl)ccc2c1=O)C(N)=S. The van der Waals surface area contributed by atoms with Crippen molar-refractivity contribution in [1.82, 2.24) is 4.57 Å². The predicted octanol–water partition coefficient (Wildman–Crippen LogP) is 2.58. The molecule has 2 rings (SSSR count). The normalized spacial score (nSPS) is 12.6. The summed E-state index contributed by atoms with van der Waals surface area (Å²) in [5.41, 5.74) is 5.52. The van der Waals surface area contributed by atoms with E-state index in [2.05, 4.69) is 0 Å². The van der Waals surface area contributed by atoms with Gasteiger partial charge in [-0.2, -0.15) is 0 Å². The van der Waals surface area contributed by atoms with Gasteiger partial charge in [-0.05, 0) is 29.7 Å². The summed E-state index contributed by atoms with van der Waals surface area (Å²) < 4.78 is 1.63. The Balaban J connectivity index is 2.49. The van der Waals surface area contributed by atoms with Gasteiger partial charge in [0.15, 0.2) is 0 Å². The van der Waals surface area contributed by atoms with Gasteiger partial charge in [0.25, 0.3) is 5.56 Å². The van der Waals surface area contributed by atoms with Crippen LogP contribution >= 0.6 is 23.8 Å². The van der Waals surface area contributed by atoms with Gasteiger partial charge in [0.1, 0.15) is 0 Å². The maximum atomic E-state index is 12.2. The molecule has 0 aliphatic heterocycles. The molecule has 2 aromatic rings. The maximum Gasteiger partial charge on any atom is 0.258 e. The van der Waals surface area contributed by atoms with Crippen molar-refractivity contribution in [3.63, 3.8) is 0 Å². The van der Waals surface area contributed by atoms with Gasteiger partial charge < -0.3 is 10.3 Å². The summed E-state index contributed by atoms with van der Waals surface area (Å²) in [6.07, 6.45) is 1.75. The Morgan fingerprint density at radius 1 is 1.50 bits per heavy atom. The average Bonchev–Trinajstić information content (AvgIpc) is 2.32. The second-order valence-electron chi connectivity index (χ2n) is 4.31. The van der Waals surface area contributed by atoms with Crippen LogP contribution in [0.2, 0.25) is 5.02 Å². The molecule has 0 radical (unpaired) electrons. The van der Waals surface area contributed by atoms with Gasteiger partial charge in [-0.25, -0.2) is 0 Å². The van der Waals surface area contributed by atoms with Crippen molar-refractivity contribution >= 4 is 39.6 Å². The first-order chi connectivity index (χ1) is 8.49. The smallest absolute Gasteiger partial charge is 0.258 e. The van der Waals surface area contributed by atoms with E-state index in [1.807, 2.05) is 13.0 Å². The van der Waals surface area contributed by atoms with Crippen molar-refractivity contribution in [2.75, 3.05) is 0 Å². The minimum Gasteiger partial charge on any atom is -0.393 e. The maximum absolute atomic E-state index is 12.2. The molecule has 0 aliphatic rings. The molecule has 5 heteroatoms. The van der Waals surface area contributed by atoms with Crippen molar-refractivity contribution in [1.29, 1.82) is 0 Å². The van der Waals surface area contributed by atoms with Crippen LogP contribution in [0.3, 0.4) is 0 Å². The van der Waals surface area contributed by atoms with Crippen LogP contribution in [0.5, 0.6) is 0 Å². The van der Waals surface area contributed by atoms with E-state index >= 15 is 0 Å². The van der Waals surface area contributed by atoms with Gasteiger partial charge in [0.2, 0.25) is 0 Å². The number of hydrogen-bond donors (Lipinski definition) is 1. The number of rotatable bonds is 3. The molecule has 3 nitrogen and oxygen atoms in total. The van der Waals surface area contributed by atoms with Gasteiger partial charge >= 0.3 is 0 Å². The fourth-order valence-electron chi connectivity index (χ4n) is 1.79. The highest BCUT2D eigenvalue weighted by Crippen LogP contribution is 2.16. The number of hydrogen-bond acceptors (Lipinski definition) is 2. The zero-order chi connectivity index (χ0) is 13.3. The summed E-state index contributed by atoms with van der Waals surface area (Å²) in [6.45, 7) is 2.40. The number of halogens is 1. The van der Waals surface area contributed by atoms with E-state index in [-0.39, 0.29) is 11.5 Å². The lowest BCUT2D eigenvalue weighted by atomic mass is 10.1. The number of nitrogens with zero attached hydrogens (tertiary/aromatic N) is 1. The second kappa shape index (κ2) is 5.08. The first kappa shape index (κ1) is 13.1. The molecular weight excluding hydrogens is 268 g/mol. The molecule has 1 heterocycles. The van der Waals surface area contributed by atoms with E-state index in [4.69, 9.17) is 29.6 Å². The van der Waals surface area contributed by atoms with Crippen molar-refractivity contribution in [2.45, 2.75) is 13.5 Å². The van der Waals surface area contributed by atoms with Gasteiger partial charge in [0, 0.05) is 29.1 Å². The third-order valence-electron chi connectivity index (χ3n) is 2.90. The summed E-state index contributed by atoms with van der Waals surface area (Å²) >= 11 is 10.8. The highest BCUT2D eigenvalue weighted by Gasteiger charge is 2.09. The molecule has 0 fully saturated rings. The van der Waals surface area contributed by atoms with E-state index in [0.717, 1.165) is 5.39 Å². The van der Waals surface area contributed by atoms with Crippen LogP contribution in [0.4, 0.5) is 0 Å². The minimum atomic E-state index is -0.0488. The highest BCUT2D eigenvalue weighted by atomic mass is 35.5. The van der Waals surface area contributed by atoms with Crippen LogP contribution in [-0.4, -0.2) is 9.56 Å². The van der Waals surface area contributed by atoms with Gasteiger partial charge in [-0.15, -0.1) is 0 Å². The zero-order valence-electron chi connectivity index (χ0n) is 9.89. The molecule has 2 N–H and O–H groups in total. The fraction of sp³-hybridized carbons (Fsp3) is 0.231. The molecule has 1 aromatic heterocycles. The van der Waals surface area contributed by atoms with Crippen molar-refractivity contribution in [3.8, 4) is 0 Å². The molecule has 18 heavy (non-hydrogen) atoms. The quantitative estimate of drug-likeness (QED) is 0.879. The summed E-state index contributed by atoms with van der Waals surface area (Å²) in [4.78, 5) is 12.6. The second-order valence-corrected chi connectivity index (χ2v) is 5.22. The first-order valence-electron chi connectivity index (χ1n) is 5.57. The summed E-state index contributed by atoms with van der Waals surface area (Å²) in [5.74, 6) is -0.0116. The van der Waals surface area contributed by atoms with Gasteiger partial charge in [0.05, 0.1) is 4.99 Å². The topological polar surface area (TPSA) is 48.0 Å². The van der Waals surface area contributed by atoms with Crippen LogP contribution in [0.1, 0.15) is 6.92 Å². The van der Waals surface area contributed by atoms with Crippen molar-refractivity contribution in [2.24, 2.45) is 11.7 Å². The Bertz CT molecular complexity index is 666. The molecule has 1 aromatic carbocycles. The number of nitrogens with two attached hydrogens (primary N) is 1. The van der Waals surface area contributed by atoms with E-state index in [1.54, 1.807) is 29.0 Å². The lowest BCUT2D eigenvalue weighted by molar-refractivity contribution is 0.585. The molecule has 0 aliphatic carbocycles. The van der Waals surface area contributed by atoms with E-state index in [0.29, 0.717) is 21.9 Å². The molecule has 0 amide bonds. The van der Waals surface area contributed by atoms with Gasteiger partial charge in [-0.1, -0.05) is 30.7 Å². The predicted molar refractivity (Wildman–Crippen MR) is 79.2 cm³/mol. The summed E-state index contributed by atoms with van der Waals surface area (Å²) in [6, 6.07) is 7.10. The van der Waals surface area contributed by atoms with E-state index in [1.165, 1.54) is 0 Å². The summed E-state index contributed by atoms with van der Waals surface area (Å²) in [5, 5.41) is 2.11. The molecule has 0 saturated heterocycles. The number of pyridine rings is 1. The van der Waals surface area contributed by atoms with Crippen LogP contribution in [-0.2, 0) is 6.54 Å². The first-order valence-corrected chi connectivity index (χ1v) is 6.35. The third kappa shape index (κ3) is 2.54.